The van der Waals surface area contributed by atoms with Crippen LogP contribution in [-0.4, -0.2) is 5.97 Å². The summed E-state index contributed by atoms with van der Waals surface area (Å²) in [6.07, 6.45) is 10.7. The van der Waals surface area contributed by atoms with Crippen LogP contribution in [0, 0.1) is 17.2 Å². The molecule has 0 fully saturated rings. The fraction of sp³-hybridized carbons (Fsp3) is 0.394. The van der Waals surface area contributed by atoms with Crippen LogP contribution in [0.25, 0.3) is 11.1 Å². The molecule has 3 aromatic rings. The van der Waals surface area contributed by atoms with E-state index in [4.69, 9.17) is 4.74 Å². The Morgan fingerprint density at radius 2 is 1.47 bits per heavy atom. The number of hydrogen-bond donors (Lipinski definition) is 0. The quantitative estimate of drug-likeness (QED) is 0.139. The third-order valence-electron chi connectivity index (χ3n) is 6.97. The number of carbonyl (C=O) groups excluding carboxylic acids is 1. The summed E-state index contributed by atoms with van der Waals surface area (Å²) in [5, 5.41) is 9.57. The zero-order valence-corrected chi connectivity index (χ0v) is 22.1. The van der Waals surface area contributed by atoms with Crippen molar-refractivity contribution >= 4 is 5.97 Å². The van der Waals surface area contributed by atoms with Crippen LogP contribution < -0.4 is 4.74 Å². The number of nitrogens with zero attached hydrogens (tertiary/aromatic N) is 1. The zero-order chi connectivity index (χ0) is 25.8. The summed E-state index contributed by atoms with van der Waals surface area (Å²) >= 11 is 0. The van der Waals surface area contributed by atoms with Crippen LogP contribution in [0.15, 0.2) is 66.7 Å². The lowest BCUT2D eigenvalue weighted by atomic mass is 9.98. The number of rotatable bonds is 13. The van der Waals surface area contributed by atoms with Gasteiger partial charge in [0.1, 0.15) is 11.8 Å². The van der Waals surface area contributed by atoms with Crippen molar-refractivity contribution in [1.29, 1.82) is 5.26 Å². The Hall–Kier alpha value is -3.38. The summed E-state index contributed by atoms with van der Waals surface area (Å²) in [4.78, 5) is 12.7. The minimum absolute atomic E-state index is 0.309. The van der Waals surface area contributed by atoms with Crippen LogP contribution in [0.1, 0.15) is 92.8 Å². The molecule has 1 unspecified atom stereocenters. The highest BCUT2D eigenvalue weighted by atomic mass is 16.5. The van der Waals surface area contributed by atoms with E-state index in [9.17, 15) is 10.1 Å². The average Bonchev–Trinajstić information content (AvgIpc) is 2.92. The molecule has 0 heterocycles. The van der Waals surface area contributed by atoms with Gasteiger partial charge in [-0.05, 0) is 78.1 Å². The molecule has 3 heteroatoms. The van der Waals surface area contributed by atoms with Crippen LogP contribution in [0.2, 0.25) is 0 Å². The first kappa shape index (κ1) is 27.2. The topological polar surface area (TPSA) is 50.1 Å². The number of carbonyl (C=O) groups is 1. The van der Waals surface area contributed by atoms with Gasteiger partial charge >= 0.3 is 5.97 Å². The predicted octanol–water partition coefficient (Wildman–Crippen LogP) is 8.94. The SMILES string of the molecule is CCCCCCCc1ccc(-c2ccc(C(=O)Oc3ccc(CCC(C)CC)cc3C#N)cc2)cc1. The van der Waals surface area contributed by atoms with Crippen molar-refractivity contribution in [2.45, 2.75) is 78.6 Å². The predicted molar refractivity (Wildman–Crippen MR) is 148 cm³/mol. The molecule has 0 aliphatic heterocycles. The van der Waals surface area contributed by atoms with E-state index in [2.05, 4.69) is 51.1 Å². The maximum Gasteiger partial charge on any atom is 0.343 e. The summed E-state index contributed by atoms with van der Waals surface area (Å²) in [6.45, 7) is 6.66. The maximum absolute atomic E-state index is 12.7. The van der Waals surface area contributed by atoms with Crippen molar-refractivity contribution in [3.63, 3.8) is 0 Å². The summed E-state index contributed by atoms with van der Waals surface area (Å²) < 4.78 is 5.59. The summed E-state index contributed by atoms with van der Waals surface area (Å²) in [6, 6.07) is 23.9. The van der Waals surface area contributed by atoms with Crippen molar-refractivity contribution in [2.24, 2.45) is 5.92 Å². The number of esters is 1. The van der Waals surface area contributed by atoms with E-state index >= 15 is 0 Å². The molecule has 0 saturated heterocycles. The standard InChI is InChI=1S/C33H39NO2/c1-4-6-7-8-9-10-26-13-16-28(17-14-26)29-18-20-30(21-19-29)33(35)36-32-22-15-27(23-31(32)24-34)12-11-25(3)5-2/h13-23,25H,4-12H2,1-3H3. The lowest BCUT2D eigenvalue weighted by Gasteiger charge is -2.11. The van der Waals surface area contributed by atoms with E-state index in [1.807, 2.05) is 24.3 Å². The molecule has 0 amide bonds. The normalized spacial score (nSPS) is 11.6. The Morgan fingerprint density at radius 3 is 2.11 bits per heavy atom. The van der Waals surface area contributed by atoms with Gasteiger partial charge < -0.3 is 4.74 Å². The van der Waals surface area contributed by atoms with Crippen LogP contribution in [0.4, 0.5) is 0 Å². The molecular formula is C33H39NO2. The lowest BCUT2D eigenvalue weighted by molar-refractivity contribution is 0.0734. The van der Waals surface area contributed by atoms with Gasteiger partial charge in [-0.2, -0.15) is 5.26 Å². The summed E-state index contributed by atoms with van der Waals surface area (Å²) in [7, 11) is 0. The van der Waals surface area contributed by atoms with E-state index in [0.717, 1.165) is 42.4 Å². The molecule has 3 nitrogen and oxygen atoms in total. The summed E-state index contributed by atoms with van der Waals surface area (Å²) in [5.74, 6) is 0.502. The zero-order valence-electron chi connectivity index (χ0n) is 22.1. The van der Waals surface area contributed by atoms with Crippen molar-refractivity contribution in [3.05, 3.63) is 89.0 Å². The van der Waals surface area contributed by atoms with Gasteiger partial charge in [0.15, 0.2) is 0 Å². The molecular weight excluding hydrogens is 442 g/mol. The number of nitriles is 1. The first-order valence-corrected chi connectivity index (χ1v) is 13.5. The second-order valence-electron chi connectivity index (χ2n) is 9.82. The molecule has 0 bridgehead atoms. The molecule has 3 aromatic carbocycles. The Labute approximate surface area is 217 Å². The van der Waals surface area contributed by atoms with E-state index < -0.39 is 5.97 Å². The van der Waals surface area contributed by atoms with Gasteiger partial charge in [-0.3, -0.25) is 0 Å². The molecule has 1 atom stereocenters. The molecule has 0 N–H and O–H groups in total. The second-order valence-corrected chi connectivity index (χ2v) is 9.82. The fourth-order valence-corrected chi connectivity index (χ4v) is 4.28. The number of ether oxygens (including phenoxy) is 1. The van der Waals surface area contributed by atoms with Gasteiger partial charge in [0.05, 0.1) is 11.1 Å². The molecule has 188 valence electrons. The molecule has 3 rings (SSSR count). The molecule has 36 heavy (non-hydrogen) atoms. The molecule has 0 aromatic heterocycles. The van der Waals surface area contributed by atoms with Gasteiger partial charge in [-0.15, -0.1) is 0 Å². The molecule has 0 spiro atoms. The van der Waals surface area contributed by atoms with Crippen LogP contribution >= 0.6 is 0 Å². The van der Waals surface area contributed by atoms with Gasteiger partial charge in [-0.1, -0.05) is 95.3 Å². The Kier molecular flexibility index (Phi) is 10.8. The van der Waals surface area contributed by atoms with Crippen LogP contribution in [0.5, 0.6) is 5.75 Å². The van der Waals surface area contributed by atoms with Crippen molar-refractivity contribution in [3.8, 4) is 22.9 Å². The molecule has 0 aliphatic carbocycles. The monoisotopic (exact) mass is 481 g/mol. The van der Waals surface area contributed by atoms with Crippen molar-refractivity contribution < 1.29 is 9.53 Å². The van der Waals surface area contributed by atoms with Gasteiger partial charge in [0, 0.05) is 0 Å². The van der Waals surface area contributed by atoms with Crippen LogP contribution in [0.3, 0.4) is 0 Å². The molecule has 0 radical (unpaired) electrons. The molecule has 0 saturated carbocycles. The van der Waals surface area contributed by atoms with Crippen molar-refractivity contribution in [1.82, 2.24) is 0 Å². The number of unbranched alkanes of at least 4 members (excludes halogenated alkanes) is 4. The van der Waals surface area contributed by atoms with Crippen LogP contribution in [-0.2, 0) is 12.8 Å². The second kappa shape index (κ2) is 14.2. The summed E-state index contributed by atoms with van der Waals surface area (Å²) in [5.41, 5.74) is 5.52. The highest BCUT2D eigenvalue weighted by molar-refractivity contribution is 5.92. The maximum atomic E-state index is 12.7. The Bertz CT molecular complexity index is 1140. The molecule has 0 aliphatic rings. The van der Waals surface area contributed by atoms with E-state index in [0.29, 0.717) is 22.8 Å². The van der Waals surface area contributed by atoms with E-state index in [1.165, 1.54) is 37.7 Å². The third-order valence-corrected chi connectivity index (χ3v) is 6.97. The lowest BCUT2D eigenvalue weighted by Crippen LogP contribution is -2.09. The Morgan fingerprint density at radius 1 is 0.833 bits per heavy atom. The average molecular weight is 482 g/mol. The fourth-order valence-electron chi connectivity index (χ4n) is 4.28. The number of aryl methyl sites for hydroxylation is 2. The number of benzene rings is 3. The minimum atomic E-state index is -0.455. The van der Waals surface area contributed by atoms with Crippen molar-refractivity contribution in [2.75, 3.05) is 0 Å². The first-order chi connectivity index (χ1) is 17.5. The van der Waals surface area contributed by atoms with Gasteiger partial charge in [0.2, 0.25) is 0 Å². The van der Waals surface area contributed by atoms with Gasteiger partial charge in [-0.25, -0.2) is 4.79 Å². The highest BCUT2D eigenvalue weighted by Crippen LogP contribution is 2.25. The van der Waals surface area contributed by atoms with E-state index in [-0.39, 0.29) is 0 Å². The highest BCUT2D eigenvalue weighted by Gasteiger charge is 2.13. The smallest absolute Gasteiger partial charge is 0.343 e. The Balaban J connectivity index is 1.59. The minimum Gasteiger partial charge on any atom is -0.422 e. The van der Waals surface area contributed by atoms with Gasteiger partial charge in [0.25, 0.3) is 0 Å². The van der Waals surface area contributed by atoms with E-state index in [1.54, 1.807) is 18.2 Å². The first-order valence-electron chi connectivity index (χ1n) is 13.5. The largest absolute Gasteiger partial charge is 0.422 e. The number of hydrogen-bond acceptors (Lipinski definition) is 3. The third kappa shape index (κ3) is 8.09.